The highest BCUT2D eigenvalue weighted by Gasteiger charge is 2.16. The summed E-state index contributed by atoms with van der Waals surface area (Å²) in [6.07, 6.45) is 1.34. The SMILES string of the molecule is CNC(=O)c1sc2nc[nH]c(=O)c2c1C. The van der Waals surface area contributed by atoms with Crippen LogP contribution in [0.3, 0.4) is 0 Å². The van der Waals surface area contributed by atoms with Crippen LogP contribution in [0.5, 0.6) is 0 Å². The van der Waals surface area contributed by atoms with Crippen LogP contribution in [0.25, 0.3) is 10.2 Å². The van der Waals surface area contributed by atoms with Gasteiger partial charge in [0.15, 0.2) is 0 Å². The van der Waals surface area contributed by atoms with Crippen LogP contribution in [0.15, 0.2) is 11.1 Å². The third-order valence-corrected chi connectivity index (χ3v) is 3.36. The second-order valence-corrected chi connectivity index (χ2v) is 4.05. The van der Waals surface area contributed by atoms with E-state index in [0.29, 0.717) is 20.7 Å². The molecule has 0 unspecified atom stereocenters. The van der Waals surface area contributed by atoms with Crippen LogP contribution < -0.4 is 10.9 Å². The monoisotopic (exact) mass is 223 g/mol. The van der Waals surface area contributed by atoms with Gasteiger partial charge in [0.25, 0.3) is 11.5 Å². The van der Waals surface area contributed by atoms with E-state index in [1.807, 2.05) is 0 Å². The van der Waals surface area contributed by atoms with Crippen LogP contribution in [0.1, 0.15) is 15.2 Å². The zero-order valence-corrected chi connectivity index (χ0v) is 9.07. The second-order valence-electron chi connectivity index (χ2n) is 3.05. The Morgan fingerprint density at radius 2 is 2.33 bits per heavy atom. The molecule has 0 radical (unpaired) electrons. The average molecular weight is 223 g/mol. The Labute approximate surface area is 89.2 Å². The lowest BCUT2D eigenvalue weighted by molar-refractivity contribution is 0.0966. The Morgan fingerprint density at radius 3 is 2.93 bits per heavy atom. The minimum absolute atomic E-state index is 0.185. The summed E-state index contributed by atoms with van der Waals surface area (Å²) in [6, 6.07) is 0. The summed E-state index contributed by atoms with van der Waals surface area (Å²) >= 11 is 1.23. The highest BCUT2D eigenvalue weighted by Crippen LogP contribution is 2.25. The van der Waals surface area contributed by atoms with Gasteiger partial charge in [0.2, 0.25) is 0 Å². The molecule has 2 aromatic rings. The number of nitrogens with zero attached hydrogens (tertiary/aromatic N) is 1. The van der Waals surface area contributed by atoms with Crippen molar-refractivity contribution in [2.45, 2.75) is 6.92 Å². The minimum atomic E-state index is -0.205. The van der Waals surface area contributed by atoms with Crippen molar-refractivity contribution in [1.29, 1.82) is 0 Å². The van der Waals surface area contributed by atoms with Crippen LogP contribution in [0, 0.1) is 6.92 Å². The third-order valence-electron chi connectivity index (χ3n) is 2.17. The molecule has 15 heavy (non-hydrogen) atoms. The number of aromatic amines is 1. The molecule has 0 saturated carbocycles. The van der Waals surface area contributed by atoms with Gasteiger partial charge in [-0.3, -0.25) is 9.59 Å². The molecule has 0 bridgehead atoms. The van der Waals surface area contributed by atoms with Crippen molar-refractivity contribution in [3.63, 3.8) is 0 Å². The van der Waals surface area contributed by atoms with E-state index in [1.165, 1.54) is 17.7 Å². The first-order valence-electron chi connectivity index (χ1n) is 4.34. The van der Waals surface area contributed by atoms with Gasteiger partial charge >= 0.3 is 0 Å². The van der Waals surface area contributed by atoms with Gasteiger partial charge in [-0.25, -0.2) is 4.98 Å². The molecule has 0 spiro atoms. The fourth-order valence-corrected chi connectivity index (χ4v) is 2.50. The number of fused-ring (bicyclic) bond motifs is 1. The predicted octanol–water partition coefficient (Wildman–Crippen LogP) is 0.653. The van der Waals surface area contributed by atoms with Gasteiger partial charge in [0.1, 0.15) is 4.83 Å². The van der Waals surface area contributed by atoms with Gasteiger partial charge < -0.3 is 10.3 Å². The topological polar surface area (TPSA) is 74.8 Å². The summed E-state index contributed by atoms with van der Waals surface area (Å²) in [6.45, 7) is 1.75. The number of carbonyl (C=O) groups is 1. The van der Waals surface area contributed by atoms with Gasteiger partial charge in [-0.1, -0.05) is 0 Å². The maximum absolute atomic E-state index is 11.5. The largest absolute Gasteiger partial charge is 0.354 e. The molecule has 0 saturated heterocycles. The van der Waals surface area contributed by atoms with Crippen LogP contribution in [0.4, 0.5) is 0 Å². The molecule has 6 heteroatoms. The fourth-order valence-electron chi connectivity index (χ4n) is 1.41. The number of aryl methyl sites for hydroxylation is 1. The molecule has 0 aliphatic rings. The zero-order valence-electron chi connectivity index (χ0n) is 8.25. The smallest absolute Gasteiger partial charge is 0.261 e. The van der Waals surface area contributed by atoms with Gasteiger partial charge in [0.05, 0.1) is 16.6 Å². The molecular weight excluding hydrogens is 214 g/mol. The Balaban J connectivity index is 2.81. The first-order valence-corrected chi connectivity index (χ1v) is 5.15. The van der Waals surface area contributed by atoms with E-state index in [-0.39, 0.29) is 11.5 Å². The third kappa shape index (κ3) is 1.42. The van der Waals surface area contributed by atoms with Crippen molar-refractivity contribution in [1.82, 2.24) is 15.3 Å². The Kier molecular flexibility index (Phi) is 2.28. The fraction of sp³-hybridized carbons (Fsp3) is 0.222. The van der Waals surface area contributed by atoms with E-state index in [0.717, 1.165) is 0 Å². The minimum Gasteiger partial charge on any atom is -0.354 e. The molecular formula is C9H9N3O2S. The quantitative estimate of drug-likeness (QED) is 0.745. The maximum atomic E-state index is 11.5. The summed E-state index contributed by atoms with van der Waals surface area (Å²) in [7, 11) is 1.56. The van der Waals surface area contributed by atoms with E-state index in [9.17, 15) is 9.59 Å². The van der Waals surface area contributed by atoms with Crippen molar-refractivity contribution in [3.8, 4) is 0 Å². The van der Waals surface area contributed by atoms with Crippen molar-refractivity contribution < 1.29 is 4.79 Å². The molecule has 2 aromatic heterocycles. The lowest BCUT2D eigenvalue weighted by Crippen LogP contribution is -2.17. The maximum Gasteiger partial charge on any atom is 0.261 e. The van der Waals surface area contributed by atoms with Gasteiger partial charge in [-0.05, 0) is 12.5 Å². The van der Waals surface area contributed by atoms with Crippen molar-refractivity contribution in [2.75, 3.05) is 7.05 Å². The summed E-state index contributed by atoms with van der Waals surface area (Å²) < 4.78 is 0. The summed E-state index contributed by atoms with van der Waals surface area (Å²) in [5.74, 6) is -0.185. The van der Waals surface area contributed by atoms with E-state index in [4.69, 9.17) is 0 Å². The van der Waals surface area contributed by atoms with E-state index in [2.05, 4.69) is 15.3 Å². The van der Waals surface area contributed by atoms with E-state index in [1.54, 1.807) is 14.0 Å². The number of amides is 1. The van der Waals surface area contributed by atoms with Crippen LogP contribution in [-0.2, 0) is 0 Å². The van der Waals surface area contributed by atoms with Crippen molar-refractivity contribution >= 4 is 27.5 Å². The number of carbonyl (C=O) groups excluding carboxylic acids is 1. The molecule has 0 aliphatic heterocycles. The predicted molar refractivity (Wildman–Crippen MR) is 58.4 cm³/mol. The number of aromatic nitrogens is 2. The Morgan fingerprint density at radius 1 is 1.60 bits per heavy atom. The lowest BCUT2D eigenvalue weighted by Gasteiger charge is -1.95. The summed E-state index contributed by atoms with van der Waals surface area (Å²) in [5, 5.41) is 3.03. The normalized spacial score (nSPS) is 10.5. The Bertz CT molecular complexity index is 585. The van der Waals surface area contributed by atoms with Gasteiger partial charge in [-0.15, -0.1) is 11.3 Å². The molecule has 0 aromatic carbocycles. The molecule has 0 aliphatic carbocycles. The molecule has 0 atom stereocenters. The average Bonchev–Trinajstić information content (AvgIpc) is 2.56. The number of H-pyrrole nitrogens is 1. The highest BCUT2D eigenvalue weighted by atomic mass is 32.1. The molecule has 2 N–H and O–H groups in total. The van der Waals surface area contributed by atoms with Crippen molar-refractivity contribution in [3.05, 3.63) is 27.1 Å². The van der Waals surface area contributed by atoms with Gasteiger partial charge in [0, 0.05) is 7.05 Å². The Hall–Kier alpha value is -1.69. The molecule has 0 fully saturated rings. The molecule has 2 rings (SSSR count). The van der Waals surface area contributed by atoms with Crippen LogP contribution >= 0.6 is 11.3 Å². The standard InChI is InChI=1S/C9H9N3O2S/c1-4-5-7(13)11-3-12-9(5)15-6(4)8(14)10-2/h3H,1-2H3,(H,10,14)(H,11,12,13). The van der Waals surface area contributed by atoms with Gasteiger partial charge in [-0.2, -0.15) is 0 Å². The second kappa shape index (κ2) is 3.47. The van der Waals surface area contributed by atoms with E-state index < -0.39 is 0 Å². The summed E-state index contributed by atoms with van der Waals surface area (Å²) in [5.41, 5.74) is 0.479. The molecule has 2 heterocycles. The van der Waals surface area contributed by atoms with Crippen LogP contribution in [-0.4, -0.2) is 22.9 Å². The number of hydrogen-bond acceptors (Lipinski definition) is 4. The number of rotatable bonds is 1. The lowest BCUT2D eigenvalue weighted by atomic mass is 10.2. The number of nitrogens with one attached hydrogen (secondary N) is 2. The van der Waals surface area contributed by atoms with Crippen molar-refractivity contribution in [2.24, 2.45) is 0 Å². The number of hydrogen-bond donors (Lipinski definition) is 2. The number of thiophene rings is 1. The summed E-state index contributed by atoms with van der Waals surface area (Å²) in [4.78, 5) is 30.6. The molecule has 78 valence electrons. The van der Waals surface area contributed by atoms with Crippen LogP contribution in [0.2, 0.25) is 0 Å². The molecule has 1 amide bonds. The first-order chi connectivity index (χ1) is 7.15. The zero-order chi connectivity index (χ0) is 11.0. The molecule has 5 nitrogen and oxygen atoms in total. The highest BCUT2D eigenvalue weighted by molar-refractivity contribution is 7.20. The van der Waals surface area contributed by atoms with E-state index >= 15 is 0 Å². The first kappa shape index (κ1) is 9.85.